The van der Waals surface area contributed by atoms with Gasteiger partial charge in [-0.05, 0) is 37.1 Å². The van der Waals surface area contributed by atoms with E-state index in [2.05, 4.69) is 6.58 Å². The van der Waals surface area contributed by atoms with Crippen LogP contribution in [0.25, 0.3) is 0 Å². The lowest BCUT2D eigenvalue weighted by atomic mass is 10.1. The van der Waals surface area contributed by atoms with Crippen molar-refractivity contribution in [3.63, 3.8) is 0 Å². The molecule has 88 valence electrons. The van der Waals surface area contributed by atoms with Crippen LogP contribution in [0.15, 0.2) is 30.4 Å². The van der Waals surface area contributed by atoms with Crippen LogP contribution in [0.1, 0.15) is 31.9 Å². The monoisotopic (exact) mass is 223 g/mol. The Bertz CT molecular complexity index is 374. The van der Waals surface area contributed by atoms with Gasteiger partial charge in [-0.3, -0.25) is 0 Å². The van der Waals surface area contributed by atoms with Crippen LogP contribution in [0.2, 0.25) is 0 Å². The van der Waals surface area contributed by atoms with E-state index in [-0.39, 0.29) is 11.9 Å². The number of hydrogen-bond acceptors (Lipinski definition) is 2. The molecule has 0 saturated carbocycles. The first-order valence-corrected chi connectivity index (χ1v) is 5.39. The Labute approximate surface area is 95.9 Å². The average Bonchev–Trinajstić information content (AvgIpc) is 2.26. The lowest BCUT2D eigenvalue weighted by Gasteiger charge is -2.14. The van der Waals surface area contributed by atoms with Crippen molar-refractivity contribution in [1.82, 2.24) is 0 Å². The summed E-state index contributed by atoms with van der Waals surface area (Å²) in [7, 11) is 0. The first-order chi connectivity index (χ1) is 7.54. The molecule has 0 saturated heterocycles. The standard InChI is InChI=1S/C13H18FNO/c1-4-9(2)8-16-13-6-5-11(14)7-12(13)10(3)15/h5-7,10H,2,4,8,15H2,1,3H3/t10-/m1/s1. The van der Waals surface area contributed by atoms with Crippen LogP contribution < -0.4 is 10.5 Å². The molecule has 0 aliphatic carbocycles. The van der Waals surface area contributed by atoms with Crippen molar-refractivity contribution in [1.29, 1.82) is 0 Å². The zero-order chi connectivity index (χ0) is 12.1. The predicted molar refractivity (Wildman–Crippen MR) is 63.9 cm³/mol. The first-order valence-electron chi connectivity index (χ1n) is 5.39. The highest BCUT2D eigenvalue weighted by atomic mass is 19.1. The molecule has 0 heterocycles. The Morgan fingerprint density at radius 1 is 1.56 bits per heavy atom. The molecule has 0 radical (unpaired) electrons. The summed E-state index contributed by atoms with van der Waals surface area (Å²) in [6.07, 6.45) is 0.870. The summed E-state index contributed by atoms with van der Waals surface area (Å²) < 4.78 is 18.6. The van der Waals surface area contributed by atoms with Crippen LogP contribution in [0.4, 0.5) is 4.39 Å². The normalized spacial score (nSPS) is 12.2. The fraction of sp³-hybridized carbons (Fsp3) is 0.385. The molecule has 16 heavy (non-hydrogen) atoms. The van der Waals surface area contributed by atoms with Gasteiger partial charge in [-0.2, -0.15) is 0 Å². The van der Waals surface area contributed by atoms with Crippen molar-refractivity contribution in [3.8, 4) is 5.75 Å². The van der Waals surface area contributed by atoms with Crippen molar-refractivity contribution in [2.24, 2.45) is 5.73 Å². The SMILES string of the molecule is C=C(CC)COc1ccc(F)cc1[C@@H](C)N. The quantitative estimate of drug-likeness (QED) is 0.778. The molecular weight excluding hydrogens is 205 g/mol. The summed E-state index contributed by atoms with van der Waals surface area (Å²) in [5, 5.41) is 0. The molecule has 0 spiro atoms. The predicted octanol–water partition coefficient (Wildman–Crippen LogP) is 3.19. The second-order valence-electron chi connectivity index (χ2n) is 3.86. The van der Waals surface area contributed by atoms with Crippen LogP contribution in [-0.4, -0.2) is 6.61 Å². The van der Waals surface area contributed by atoms with Gasteiger partial charge in [0.25, 0.3) is 0 Å². The van der Waals surface area contributed by atoms with E-state index >= 15 is 0 Å². The summed E-state index contributed by atoms with van der Waals surface area (Å²) in [4.78, 5) is 0. The van der Waals surface area contributed by atoms with E-state index in [1.54, 1.807) is 13.0 Å². The molecule has 1 rings (SSSR count). The van der Waals surface area contributed by atoms with E-state index in [9.17, 15) is 4.39 Å². The minimum Gasteiger partial charge on any atom is -0.489 e. The van der Waals surface area contributed by atoms with E-state index in [1.165, 1.54) is 12.1 Å². The van der Waals surface area contributed by atoms with Crippen LogP contribution in [0, 0.1) is 5.82 Å². The second-order valence-corrected chi connectivity index (χ2v) is 3.86. The summed E-state index contributed by atoms with van der Waals surface area (Å²) >= 11 is 0. The Hall–Kier alpha value is -1.35. The molecule has 0 aliphatic rings. The maximum atomic E-state index is 13.0. The summed E-state index contributed by atoms with van der Waals surface area (Å²) in [6, 6.07) is 4.14. The number of ether oxygens (including phenoxy) is 1. The third-order valence-corrected chi connectivity index (χ3v) is 2.39. The molecule has 0 aromatic heterocycles. The van der Waals surface area contributed by atoms with Gasteiger partial charge in [0.2, 0.25) is 0 Å². The lowest BCUT2D eigenvalue weighted by molar-refractivity contribution is 0.342. The zero-order valence-corrected chi connectivity index (χ0v) is 9.79. The van der Waals surface area contributed by atoms with Gasteiger partial charge in [0.1, 0.15) is 18.2 Å². The van der Waals surface area contributed by atoms with Gasteiger partial charge in [-0.25, -0.2) is 4.39 Å². The van der Waals surface area contributed by atoms with E-state index in [4.69, 9.17) is 10.5 Å². The summed E-state index contributed by atoms with van der Waals surface area (Å²) in [5.74, 6) is 0.333. The molecule has 0 bridgehead atoms. The smallest absolute Gasteiger partial charge is 0.124 e. The fourth-order valence-electron chi connectivity index (χ4n) is 1.29. The minimum atomic E-state index is -0.297. The van der Waals surface area contributed by atoms with Crippen LogP contribution in [-0.2, 0) is 0 Å². The molecule has 0 aliphatic heterocycles. The van der Waals surface area contributed by atoms with Crippen molar-refractivity contribution >= 4 is 0 Å². The molecule has 3 heteroatoms. The van der Waals surface area contributed by atoms with Crippen molar-refractivity contribution in [2.45, 2.75) is 26.3 Å². The van der Waals surface area contributed by atoms with Crippen molar-refractivity contribution in [2.75, 3.05) is 6.61 Å². The molecule has 0 fully saturated rings. The molecule has 1 atom stereocenters. The molecule has 2 N–H and O–H groups in total. The highest BCUT2D eigenvalue weighted by molar-refractivity contribution is 5.36. The third kappa shape index (κ3) is 3.35. The fourth-order valence-corrected chi connectivity index (χ4v) is 1.29. The maximum absolute atomic E-state index is 13.0. The first kappa shape index (κ1) is 12.7. The largest absolute Gasteiger partial charge is 0.489 e. The molecule has 1 aromatic rings. The maximum Gasteiger partial charge on any atom is 0.124 e. The van der Waals surface area contributed by atoms with Crippen molar-refractivity contribution in [3.05, 3.63) is 41.7 Å². The zero-order valence-electron chi connectivity index (χ0n) is 9.79. The van der Waals surface area contributed by atoms with Gasteiger partial charge in [-0.1, -0.05) is 13.5 Å². The number of rotatable bonds is 5. The second kappa shape index (κ2) is 5.66. The summed E-state index contributed by atoms with van der Waals surface area (Å²) in [6.45, 7) is 8.11. The number of nitrogens with two attached hydrogens (primary N) is 1. The highest BCUT2D eigenvalue weighted by Gasteiger charge is 2.09. The lowest BCUT2D eigenvalue weighted by Crippen LogP contribution is -2.09. The van der Waals surface area contributed by atoms with E-state index in [1.807, 2.05) is 6.92 Å². The van der Waals surface area contributed by atoms with E-state index < -0.39 is 0 Å². The average molecular weight is 223 g/mol. The summed E-state index contributed by atoms with van der Waals surface area (Å²) in [5.41, 5.74) is 7.44. The van der Waals surface area contributed by atoms with Crippen LogP contribution in [0.3, 0.4) is 0 Å². The molecule has 0 amide bonds. The van der Waals surface area contributed by atoms with Gasteiger partial charge < -0.3 is 10.5 Å². The topological polar surface area (TPSA) is 35.2 Å². The van der Waals surface area contributed by atoms with Crippen LogP contribution in [0.5, 0.6) is 5.75 Å². The number of hydrogen-bond donors (Lipinski definition) is 1. The molecule has 1 aromatic carbocycles. The Balaban J connectivity index is 2.82. The van der Waals surface area contributed by atoms with Gasteiger partial charge in [0.15, 0.2) is 0 Å². The molecule has 0 unspecified atom stereocenters. The van der Waals surface area contributed by atoms with Crippen molar-refractivity contribution < 1.29 is 9.13 Å². The Kier molecular flexibility index (Phi) is 4.50. The molecular formula is C13H18FNO. The van der Waals surface area contributed by atoms with Gasteiger partial charge in [0, 0.05) is 11.6 Å². The third-order valence-electron chi connectivity index (χ3n) is 2.39. The van der Waals surface area contributed by atoms with Crippen LogP contribution >= 0.6 is 0 Å². The Morgan fingerprint density at radius 3 is 2.81 bits per heavy atom. The van der Waals surface area contributed by atoms with E-state index in [0.29, 0.717) is 17.9 Å². The Morgan fingerprint density at radius 2 is 2.25 bits per heavy atom. The van der Waals surface area contributed by atoms with E-state index in [0.717, 1.165) is 12.0 Å². The minimum absolute atomic E-state index is 0.249. The number of benzene rings is 1. The highest BCUT2D eigenvalue weighted by Crippen LogP contribution is 2.25. The van der Waals surface area contributed by atoms with Gasteiger partial charge in [-0.15, -0.1) is 0 Å². The number of halogens is 1. The van der Waals surface area contributed by atoms with Gasteiger partial charge >= 0.3 is 0 Å². The molecule has 2 nitrogen and oxygen atoms in total. The van der Waals surface area contributed by atoms with Gasteiger partial charge in [0.05, 0.1) is 0 Å².